The minimum absolute atomic E-state index is 0.279. The van der Waals surface area contributed by atoms with Gasteiger partial charge in [0.15, 0.2) is 0 Å². The monoisotopic (exact) mass is 467 g/mol. The largest absolute Gasteiger partial charge is 0.488 e. The van der Waals surface area contributed by atoms with Crippen molar-refractivity contribution in [2.45, 2.75) is 6.61 Å². The Morgan fingerprint density at radius 1 is 1.17 bits per heavy atom. The second-order valence-corrected chi connectivity index (χ2v) is 7.25. The molecule has 0 aliphatic carbocycles. The lowest BCUT2D eigenvalue weighted by Gasteiger charge is -2.10. The molecule has 0 fully saturated rings. The number of nitrogens with one attached hydrogen (secondary N) is 1. The molecule has 7 heteroatoms. The highest BCUT2D eigenvalue weighted by atomic mass is 79.9. The molecule has 29 heavy (non-hydrogen) atoms. The smallest absolute Gasteiger partial charge is 0.272 e. The summed E-state index contributed by atoms with van der Waals surface area (Å²) in [5.74, 6) is 0.210. The fraction of sp³-hybridized carbons (Fsp3) is 0.0455. The Morgan fingerprint density at radius 2 is 2.00 bits per heavy atom. The summed E-state index contributed by atoms with van der Waals surface area (Å²) in [5.41, 5.74) is 5.01. The van der Waals surface area contributed by atoms with Gasteiger partial charge in [-0.3, -0.25) is 4.79 Å². The van der Waals surface area contributed by atoms with Gasteiger partial charge in [-0.05, 0) is 64.0 Å². The number of hydrazone groups is 1. The summed E-state index contributed by atoms with van der Waals surface area (Å²) in [6, 6.07) is 21.5. The molecule has 0 aliphatic rings. The first-order chi connectivity index (χ1) is 14.1. The minimum Gasteiger partial charge on any atom is -0.488 e. The van der Waals surface area contributed by atoms with Gasteiger partial charge in [0.25, 0.3) is 5.91 Å². The molecule has 5 nitrogen and oxygen atoms in total. The number of hydrogen-bond donors (Lipinski definition) is 1. The number of carbonyl (C=O) groups excluding carboxylic acids is 1. The van der Waals surface area contributed by atoms with Crippen molar-refractivity contribution < 1.29 is 9.53 Å². The van der Waals surface area contributed by atoms with E-state index in [0.717, 1.165) is 5.56 Å². The molecule has 0 aromatic heterocycles. The van der Waals surface area contributed by atoms with E-state index >= 15 is 0 Å². The number of nitriles is 1. The first-order valence-corrected chi connectivity index (χ1v) is 9.73. The van der Waals surface area contributed by atoms with E-state index in [1.54, 1.807) is 54.6 Å². The fourth-order valence-electron chi connectivity index (χ4n) is 2.51. The average Bonchev–Trinajstić information content (AvgIpc) is 2.73. The molecule has 3 aromatic carbocycles. The van der Waals surface area contributed by atoms with Gasteiger partial charge in [-0.2, -0.15) is 10.4 Å². The van der Waals surface area contributed by atoms with E-state index in [4.69, 9.17) is 21.6 Å². The van der Waals surface area contributed by atoms with Crippen LogP contribution in [0.4, 0.5) is 0 Å². The second-order valence-electron chi connectivity index (χ2n) is 5.96. The maximum Gasteiger partial charge on any atom is 0.272 e. The van der Waals surface area contributed by atoms with Crippen molar-refractivity contribution in [2.75, 3.05) is 0 Å². The zero-order valence-electron chi connectivity index (χ0n) is 15.1. The van der Waals surface area contributed by atoms with Crippen molar-refractivity contribution in [3.05, 3.63) is 98.5 Å². The Bertz CT molecular complexity index is 1110. The third-order valence-electron chi connectivity index (χ3n) is 3.91. The molecule has 1 amide bonds. The van der Waals surface area contributed by atoms with E-state index < -0.39 is 0 Å². The van der Waals surface area contributed by atoms with Gasteiger partial charge in [0.2, 0.25) is 0 Å². The fourth-order valence-corrected chi connectivity index (χ4v) is 3.15. The summed E-state index contributed by atoms with van der Waals surface area (Å²) in [4.78, 5) is 12.2. The Morgan fingerprint density at radius 3 is 2.79 bits per heavy atom. The van der Waals surface area contributed by atoms with Gasteiger partial charge in [-0.25, -0.2) is 5.43 Å². The lowest BCUT2D eigenvalue weighted by atomic mass is 10.1. The van der Waals surface area contributed by atoms with Crippen molar-refractivity contribution in [3.8, 4) is 11.8 Å². The summed E-state index contributed by atoms with van der Waals surface area (Å²) in [6.07, 6.45) is 1.47. The summed E-state index contributed by atoms with van der Waals surface area (Å²) in [7, 11) is 0. The first kappa shape index (κ1) is 20.6. The van der Waals surface area contributed by atoms with Crippen molar-refractivity contribution >= 4 is 39.7 Å². The van der Waals surface area contributed by atoms with E-state index in [9.17, 15) is 4.79 Å². The number of carbonyl (C=O) groups is 1. The Hall–Kier alpha value is -3.14. The van der Waals surface area contributed by atoms with Gasteiger partial charge in [0.05, 0.1) is 23.4 Å². The molecule has 0 atom stereocenters. The Balaban J connectivity index is 1.71. The van der Waals surface area contributed by atoms with Gasteiger partial charge in [-0.15, -0.1) is 0 Å². The average molecular weight is 469 g/mol. The van der Waals surface area contributed by atoms with Gasteiger partial charge in [-0.1, -0.05) is 35.9 Å². The molecule has 3 rings (SSSR count). The zero-order valence-corrected chi connectivity index (χ0v) is 17.4. The van der Waals surface area contributed by atoms with Crippen molar-refractivity contribution in [1.82, 2.24) is 5.43 Å². The van der Waals surface area contributed by atoms with Gasteiger partial charge < -0.3 is 4.74 Å². The number of hydrogen-bond acceptors (Lipinski definition) is 4. The maximum absolute atomic E-state index is 12.2. The van der Waals surface area contributed by atoms with E-state index in [-0.39, 0.29) is 12.5 Å². The molecular formula is C22H15BrClN3O2. The first-order valence-electron chi connectivity index (χ1n) is 8.56. The zero-order chi connectivity index (χ0) is 20.6. The molecule has 0 spiro atoms. The number of halogens is 2. The van der Waals surface area contributed by atoms with Crippen LogP contribution >= 0.6 is 27.5 Å². The third-order valence-corrected chi connectivity index (χ3v) is 4.84. The molecule has 0 saturated heterocycles. The number of amides is 1. The lowest BCUT2D eigenvalue weighted by Crippen LogP contribution is -2.18. The quantitative estimate of drug-likeness (QED) is 0.393. The number of ether oxygens (including phenoxy) is 1. The number of benzene rings is 3. The van der Waals surface area contributed by atoms with Crippen LogP contribution < -0.4 is 10.2 Å². The third kappa shape index (κ3) is 5.67. The normalized spacial score (nSPS) is 10.5. The SMILES string of the molecule is N#Cc1cccc(COc2ccc(Cl)cc2/C=N/NC(=O)c2ccccc2Br)c1. The molecule has 144 valence electrons. The summed E-state index contributed by atoms with van der Waals surface area (Å²) in [6.45, 7) is 0.279. The van der Waals surface area contributed by atoms with Crippen LogP contribution in [-0.4, -0.2) is 12.1 Å². The van der Waals surface area contributed by atoms with Crippen molar-refractivity contribution in [3.63, 3.8) is 0 Å². The van der Waals surface area contributed by atoms with Crippen LogP contribution in [0.25, 0.3) is 0 Å². The van der Waals surface area contributed by atoms with Crippen LogP contribution in [0.3, 0.4) is 0 Å². The molecule has 0 aliphatic heterocycles. The van der Waals surface area contributed by atoms with Crippen molar-refractivity contribution in [2.24, 2.45) is 5.10 Å². The summed E-state index contributed by atoms with van der Waals surface area (Å²) >= 11 is 9.42. The lowest BCUT2D eigenvalue weighted by molar-refractivity contribution is 0.0954. The predicted molar refractivity (Wildman–Crippen MR) is 116 cm³/mol. The Labute approximate surface area is 181 Å². The van der Waals surface area contributed by atoms with Crippen LogP contribution in [0.1, 0.15) is 27.0 Å². The van der Waals surface area contributed by atoms with E-state index in [2.05, 4.69) is 32.5 Å². The number of rotatable bonds is 6. The molecule has 0 heterocycles. The van der Waals surface area contributed by atoms with Gasteiger partial charge in [0, 0.05) is 15.1 Å². The standard InChI is InChI=1S/C22H15BrClN3O2/c23-20-7-2-1-6-19(20)22(28)27-26-13-17-11-18(24)8-9-21(17)29-14-16-5-3-4-15(10-16)12-25/h1-11,13H,14H2,(H,27,28)/b26-13+. The highest BCUT2D eigenvalue weighted by Gasteiger charge is 2.08. The maximum atomic E-state index is 12.2. The van der Waals surface area contributed by atoms with Gasteiger partial charge >= 0.3 is 0 Å². The topological polar surface area (TPSA) is 74.5 Å². The molecule has 0 unspecified atom stereocenters. The minimum atomic E-state index is -0.341. The van der Waals surface area contributed by atoms with Gasteiger partial charge in [0.1, 0.15) is 12.4 Å². The van der Waals surface area contributed by atoms with E-state index in [1.807, 2.05) is 12.1 Å². The molecule has 0 bridgehead atoms. The molecule has 3 aromatic rings. The van der Waals surface area contributed by atoms with Crippen molar-refractivity contribution in [1.29, 1.82) is 5.26 Å². The van der Waals surface area contributed by atoms with Crippen LogP contribution in [0.15, 0.2) is 76.3 Å². The Kier molecular flexibility index (Phi) is 7.01. The van der Waals surface area contributed by atoms with Crippen LogP contribution in [-0.2, 0) is 6.61 Å². The predicted octanol–water partition coefficient (Wildman–Crippen LogP) is 5.32. The molecular weight excluding hydrogens is 454 g/mol. The molecule has 1 N–H and O–H groups in total. The van der Waals surface area contributed by atoms with Crippen LogP contribution in [0.2, 0.25) is 5.02 Å². The molecule has 0 saturated carbocycles. The van der Waals surface area contributed by atoms with Crippen LogP contribution in [0, 0.1) is 11.3 Å². The van der Waals surface area contributed by atoms with Crippen LogP contribution in [0.5, 0.6) is 5.75 Å². The second kappa shape index (κ2) is 9.87. The highest BCUT2D eigenvalue weighted by Crippen LogP contribution is 2.23. The summed E-state index contributed by atoms with van der Waals surface area (Å²) in [5, 5.41) is 13.5. The van der Waals surface area contributed by atoms with E-state index in [0.29, 0.717) is 31.9 Å². The van der Waals surface area contributed by atoms with E-state index in [1.165, 1.54) is 6.21 Å². The highest BCUT2D eigenvalue weighted by molar-refractivity contribution is 9.10. The number of nitrogens with zero attached hydrogens (tertiary/aromatic N) is 2. The summed E-state index contributed by atoms with van der Waals surface area (Å²) < 4.78 is 6.54. The molecule has 0 radical (unpaired) electrons.